The molecule has 0 aliphatic heterocycles. The maximum absolute atomic E-state index is 5.69. The van der Waals surface area contributed by atoms with Crippen LogP contribution in [0.4, 0.5) is 0 Å². The Morgan fingerprint density at radius 3 is 2.48 bits per heavy atom. The Labute approximate surface area is 140 Å². The van der Waals surface area contributed by atoms with E-state index in [9.17, 15) is 0 Å². The highest BCUT2D eigenvalue weighted by Crippen LogP contribution is 2.23. The molecule has 1 aromatic heterocycles. The minimum Gasteiger partial charge on any atom is -0.493 e. The fourth-order valence-electron chi connectivity index (χ4n) is 2.20. The Bertz CT molecular complexity index is 754. The van der Waals surface area contributed by atoms with Crippen molar-refractivity contribution < 1.29 is 4.74 Å². The second-order valence-electron chi connectivity index (χ2n) is 5.24. The summed E-state index contributed by atoms with van der Waals surface area (Å²) in [5.41, 5.74) is 2.32. The number of thioether (sulfide) groups is 1. The van der Waals surface area contributed by atoms with Gasteiger partial charge in [-0.05, 0) is 19.1 Å². The Kier molecular flexibility index (Phi) is 4.98. The Morgan fingerprint density at radius 1 is 1.00 bits per heavy atom. The van der Waals surface area contributed by atoms with Gasteiger partial charge >= 0.3 is 0 Å². The van der Waals surface area contributed by atoms with Crippen LogP contribution in [0.15, 0.2) is 59.8 Å². The van der Waals surface area contributed by atoms with Gasteiger partial charge in [-0.15, -0.1) is 10.2 Å². The molecule has 0 fully saturated rings. The van der Waals surface area contributed by atoms with Crippen LogP contribution in [0.25, 0.3) is 11.4 Å². The second kappa shape index (κ2) is 7.33. The van der Waals surface area contributed by atoms with E-state index in [2.05, 4.69) is 41.4 Å². The predicted octanol–water partition coefficient (Wildman–Crippen LogP) is 3.96. The summed E-state index contributed by atoms with van der Waals surface area (Å²) in [6.07, 6.45) is 0. The zero-order valence-corrected chi connectivity index (χ0v) is 14.1. The van der Waals surface area contributed by atoms with Crippen molar-refractivity contribution in [2.24, 2.45) is 7.05 Å². The predicted molar refractivity (Wildman–Crippen MR) is 93.8 cm³/mol. The minimum absolute atomic E-state index is 0.640. The van der Waals surface area contributed by atoms with Crippen LogP contribution in [-0.4, -0.2) is 27.1 Å². The van der Waals surface area contributed by atoms with Crippen molar-refractivity contribution in [3.63, 3.8) is 0 Å². The van der Waals surface area contributed by atoms with Crippen LogP contribution >= 0.6 is 11.8 Å². The molecular weight excluding hydrogens is 306 g/mol. The summed E-state index contributed by atoms with van der Waals surface area (Å²) in [5, 5.41) is 9.48. The van der Waals surface area contributed by atoms with Gasteiger partial charge in [0.15, 0.2) is 11.0 Å². The lowest BCUT2D eigenvalue weighted by Crippen LogP contribution is -2.01. The van der Waals surface area contributed by atoms with Gasteiger partial charge in [-0.2, -0.15) is 0 Å². The number of aryl methyl sites for hydroxylation is 1. The van der Waals surface area contributed by atoms with Crippen molar-refractivity contribution in [2.45, 2.75) is 12.1 Å². The number of aromatic nitrogens is 3. The second-order valence-corrected chi connectivity index (χ2v) is 6.30. The van der Waals surface area contributed by atoms with E-state index in [0.717, 1.165) is 28.0 Å². The summed E-state index contributed by atoms with van der Waals surface area (Å²) >= 11 is 1.65. The molecule has 0 unspecified atom stereocenters. The molecule has 5 heteroatoms. The number of para-hydroxylation sites is 1. The molecule has 0 aliphatic carbocycles. The molecule has 4 nitrogen and oxygen atoms in total. The van der Waals surface area contributed by atoms with E-state index in [0.29, 0.717) is 6.61 Å². The summed E-state index contributed by atoms with van der Waals surface area (Å²) in [6.45, 7) is 2.72. The fourth-order valence-corrected chi connectivity index (χ4v) is 2.93. The van der Waals surface area contributed by atoms with Crippen molar-refractivity contribution in [3.05, 3.63) is 60.2 Å². The molecule has 0 atom stereocenters. The highest BCUT2D eigenvalue weighted by molar-refractivity contribution is 7.99. The minimum atomic E-state index is 0.640. The molecule has 118 valence electrons. The van der Waals surface area contributed by atoms with Crippen LogP contribution in [0.2, 0.25) is 0 Å². The van der Waals surface area contributed by atoms with Gasteiger partial charge in [0.25, 0.3) is 0 Å². The first-order valence-electron chi connectivity index (χ1n) is 7.51. The Balaban J connectivity index is 1.58. The van der Waals surface area contributed by atoms with Crippen LogP contribution in [0.5, 0.6) is 5.75 Å². The van der Waals surface area contributed by atoms with Crippen LogP contribution in [-0.2, 0) is 7.05 Å². The van der Waals surface area contributed by atoms with Gasteiger partial charge in [0.2, 0.25) is 0 Å². The molecular formula is C18H19N3OS. The molecule has 3 aromatic rings. The fraction of sp³-hybridized carbons (Fsp3) is 0.222. The molecule has 0 spiro atoms. The van der Waals surface area contributed by atoms with E-state index in [-0.39, 0.29) is 0 Å². The molecule has 3 rings (SSSR count). The average Bonchev–Trinajstić information content (AvgIpc) is 2.94. The first kappa shape index (κ1) is 15.6. The van der Waals surface area contributed by atoms with E-state index >= 15 is 0 Å². The molecule has 0 bridgehead atoms. The van der Waals surface area contributed by atoms with Crippen molar-refractivity contribution in [3.8, 4) is 17.1 Å². The summed E-state index contributed by atoms with van der Waals surface area (Å²) in [7, 11) is 2.00. The molecule has 1 heterocycles. The molecule has 0 saturated carbocycles. The lowest BCUT2D eigenvalue weighted by molar-refractivity contribution is 0.344. The number of hydrogen-bond donors (Lipinski definition) is 0. The van der Waals surface area contributed by atoms with Crippen LogP contribution in [0.1, 0.15) is 5.56 Å². The topological polar surface area (TPSA) is 39.9 Å². The smallest absolute Gasteiger partial charge is 0.191 e. The van der Waals surface area contributed by atoms with Gasteiger partial charge < -0.3 is 9.30 Å². The lowest BCUT2D eigenvalue weighted by atomic mass is 10.1. The molecule has 0 amide bonds. The maximum Gasteiger partial charge on any atom is 0.191 e. The van der Waals surface area contributed by atoms with Crippen molar-refractivity contribution in [2.75, 3.05) is 12.4 Å². The van der Waals surface area contributed by atoms with E-state index < -0.39 is 0 Å². The molecule has 2 aromatic carbocycles. The average molecular weight is 325 g/mol. The van der Waals surface area contributed by atoms with Gasteiger partial charge in [-0.25, -0.2) is 0 Å². The number of nitrogens with zero attached hydrogens (tertiary/aromatic N) is 3. The third-order valence-electron chi connectivity index (χ3n) is 3.47. The molecule has 23 heavy (non-hydrogen) atoms. The number of rotatable bonds is 6. The lowest BCUT2D eigenvalue weighted by Gasteiger charge is -2.06. The summed E-state index contributed by atoms with van der Waals surface area (Å²) < 4.78 is 7.72. The Morgan fingerprint density at radius 2 is 1.74 bits per heavy atom. The third-order valence-corrected chi connectivity index (χ3v) is 4.46. The summed E-state index contributed by atoms with van der Waals surface area (Å²) in [4.78, 5) is 0. The summed E-state index contributed by atoms with van der Waals surface area (Å²) in [5.74, 6) is 2.61. The molecule has 0 N–H and O–H groups in total. The van der Waals surface area contributed by atoms with Crippen LogP contribution < -0.4 is 4.74 Å². The summed E-state index contributed by atoms with van der Waals surface area (Å²) in [6, 6.07) is 18.2. The van der Waals surface area contributed by atoms with Crippen molar-refractivity contribution in [1.82, 2.24) is 14.8 Å². The monoisotopic (exact) mass is 325 g/mol. The van der Waals surface area contributed by atoms with Crippen LogP contribution in [0.3, 0.4) is 0 Å². The first-order chi connectivity index (χ1) is 11.2. The van der Waals surface area contributed by atoms with E-state index in [1.165, 1.54) is 5.56 Å². The van der Waals surface area contributed by atoms with E-state index in [1.54, 1.807) is 11.8 Å². The Hall–Kier alpha value is -2.27. The zero-order valence-electron chi connectivity index (χ0n) is 13.3. The highest BCUT2D eigenvalue weighted by Gasteiger charge is 2.10. The largest absolute Gasteiger partial charge is 0.493 e. The SMILES string of the molecule is Cc1ccc(-c2nnc(SCCOc3ccccc3)n2C)cc1. The van der Waals surface area contributed by atoms with Gasteiger partial charge in [0, 0.05) is 18.4 Å². The third kappa shape index (κ3) is 3.93. The highest BCUT2D eigenvalue weighted by atomic mass is 32.2. The van der Waals surface area contributed by atoms with Gasteiger partial charge in [0.05, 0.1) is 6.61 Å². The van der Waals surface area contributed by atoms with Gasteiger partial charge in [-0.1, -0.05) is 59.8 Å². The van der Waals surface area contributed by atoms with Crippen LogP contribution in [0, 0.1) is 6.92 Å². The number of hydrogen-bond acceptors (Lipinski definition) is 4. The molecule has 0 saturated heterocycles. The maximum atomic E-state index is 5.69. The first-order valence-corrected chi connectivity index (χ1v) is 8.49. The standard InChI is InChI=1S/C18H19N3OS/c1-14-8-10-15(11-9-14)17-19-20-18(21(17)2)23-13-12-22-16-6-4-3-5-7-16/h3-11H,12-13H2,1-2H3. The van der Waals surface area contributed by atoms with Gasteiger partial charge in [0.1, 0.15) is 5.75 Å². The van der Waals surface area contributed by atoms with Crippen molar-refractivity contribution >= 4 is 11.8 Å². The molecule has 0 aliphatic rings. The quantitative estimate of drug-likeness (QED) is 0.508. The van der Waals surface area contributed by atoms with E-state index in [4.69, 9.17) is 4.74 Å². The zero-order chi connectivity index (χ0) is 16.1. The van der Waals surface area contributed by atoms with Crippen molar-refractivity contribution in [1.29, 1.82) is 0 Å². The normalized spacial score (nSPS) is 10.7. The number of ether oxygens (including phenoxy) is 1. The van der Waals surface area contributed by atoms with E-state index in [1.807, 2.05) is 41.9 Å². The number of benzene rings is 2. The molecule has 0 radical (unpaired) electrons. The van der Waals surface area contributed by atoms with Gasteiger partial charge in [-0.3, -0.25) is 0 Å².